The molecule has 156 valence electrons. The van der Waals surface area contributed by atoms with E-state index in [1.165, 1.54) is 24.3 Å². The summed E-state index contributed by atoms with van der Waals surface area (Å²) in [7, 11) is 1.83. The number of halogens is 3. The van der Waals surface area contributed by atoms with Gasteiger partial charge in [-0.3, -0.25) is 9.67 Å². The van der Waals surface area contributed by atoms with E-state index in [-0.39, 0.29) is 5.75 Å². The largest absolute Gasteiger partial charge is 0.573 e. The maximum absolute atomic E-state index is 12.3. The lowest BCUT2D eigenvalue weighted by molar-refractivity contribution is -0.274. The molecule has 10 heteroatoms. The SMILES string of the molecule is Cn1nccc1-c1ccc(OC2=NO[C@@](C)(c3ccc(OC(F)(F)F)cc3)C2)cn1. The fraction of sp³-hybridized carbons (Fsp3) is 0.250. The normalized spacial score (nSPS) is 18.6. The summed E-state index contributed by atoms with van der Waals surface area (Å²) in [5.74, 6) is 0.523. The first-order chi connectivity index (χ1) is 14.2. The summed E-state index contributed by atoms with van der Waals surface area (Å²) < 4.78 is 48.3. The maximum Gasteiger partial charge on any atom is 0.573 e. The Hall–Kier alpha value is -3.56. The van der Waals surface area contributed by atoms with Gasteiger partial charge in [0, 0.05) is 13.2 Å². The number of pyridine rings is 1. The Morgan fingerprint density at radius 1 is 1.07 bits per heavy atom. The highest BCUT2D eigenvalue weighted by molar-refractivity contribution is 5.80. The van der Waals surface area contributed by atoms with Gasteiger partial charge in [-0.05, 0) is 42.8 Å². The van der Waals surface area contributed by atoms with Crippen molar-refractivity contribution in [1.29, 1.82) is 0 Å². The molecule has 4 rings (SSSR count). The number of hydrogen-bond donors (Lipinski definition) is 0. The third-order valence-corrected chi connectivity index (χ3v) is 4.59. The van der Waals surface area contributed by atoms with Gasteiger partial charge < -0.3 is 14.3 Å². The van der Waals surface area contributed by atoms with Crippen molar-refractivity contribution in [1.82, 2.24) is 14.8 Å². The average Bonchev–Trinajstić information content (AvgIpc) is 3.28. The monoisotopic (exact) mass is 418 g/mol. The number of hydrogen-bond acceptors (Lipinski definition) is 6. The van der Waals surface area contributed by atoms with Crippen molar-refractivity contribution < 1.29 is 27.5 Å². The molecule has 0 N–H and O–H groups in total. The van der Waals surface area contributed by atoms with Crippen molar-refractivity contribution >= 4 is 5.90 Å². The average molecular weight is 418 g/mol. The van der Waals surface area contributed by atoms with Crippen LogP contribution in [0.3, 0.4) is 0 Å². The first-order valence-corrected chi connectivity index (χ1v) is 8.95. The highest BCUT2D eigenvalue weighted by Crippen LogP contribution is 2.36. The van der Waals surface area contributed by atoms with E-state index in [1.54, 1.807) is 36.1 Å². The molecule has 0 aliphatic carbocycles. The van der Waals surface area contributed by atoms with Crippen LogP contribution < -0.4 is 9.47 Å². The first kappa shape index (κ1) is 19.7. The third kappa shape index (κ3) is 4.22. The predicted octanol–water partition coefficient (Wildman–Crippen LogP) is 4.41. The van der Waals surface area contributed by atoms with Crippen molar-refractivity contribution in [3.05, 3.63) is 60.4 Å². The van der Waals surface area contributed by atoms with E-state index in [0.717, 1.165) is 11.4 Å². The minimum absolute atomic E-state index is 0.301. The van der Waals surface area contributed by atoms with Gasteiger partial charge in [0.25, 0.3) is 0 Å². The van der Waals surface area contributed by atoms with Crippen LogP contribution >= 0.6 is 0 Å². The van der Waals surface area contributed by atoms with Crippen molar-refractivity contribution in [2.24, 2.45) is 12.2 Å². The molecule has 30 heavy (non-hydrogen) atoms. The highest BCUT2D eigenvalue weighted by Gasteiger charge is 2.38. The van der Waals surface area contributed by atoms with E-state index in [2.05, 4.69) is 20.0 Å². The summed E-state index contributed by atoms with van der Waals surface area (Å²) in [5, 5.41) is 8.08. The molecular formula is C20H17F3N4O3. The van der Waals surface area contributed by atoms with Gasteiger partial charge >= 0.3 is 6.36 Å². The Bertz CT molecular complexity index is 1060. The second kappa shape index (κ2) is 7.36. The molecule has 1 aliphatic rings. The van der Waals surface area contributed by atoms with Crippen LogP contribution in [0.2, 0.25) is 0 Å². The molecular weight excluding hydrogens is 401 g/mol. The number of aromatic nitrogens is 3. The van der Waals surface area contributed by atoms with E-state index in [9.17, 15) is 13.2 Å². The molecule has 3 heterocycles. The fourth-order valence-electron chi connectivity index (χ4n) is 3.08. The van der Waals surface area contributed by atoms with Crippen LogP contribution in [0.15, 0.2) is 60.0 Å². The second-order valence-corrected chi connectivity index (χ2v) is 6.88. The van der Waals surface area contributed by atoms with Crippen LogP contribution in [-0.2, 0) is 17.5 Å². The summed E-state index contributed by atoms with van der Waals surface area (Å²) in [5.41, 5.74) is 1.39. The van der Waals surface area contributed by atoms with Crippen LogP contribution in [0.1, 0.15) is 18.9 Å². The molecule has 1 aliphatic heterocycles. The number of aryl methyl sites for hydroxylation is 1. The quantitative estimate of drug-likeness (QED) is 0.628. The molecule has 0 radical (unpaired) electrons. The van der Waals surface area contributed by atoms with Gasteiger partial charge in [-0.1, -0.05) is 17.3 Å². The van der Waals surface area contributed by atoms with Crippen molar-refractivity contribution in [3.63, 3.8) is 0 Å². The number of ether oxygens (including phenoxy) is 2. The Morgan fingerprint density at radius 3 is 2.40 bits per heavy atom. The topological polar surface area (TPSA) is 70.8 Å². The lowest BCUT2D eigenvalue weighted by Crippen LogP contribution is -2.23. The van der Waals surface area contributed by atoms with E-state index < -0.39 is 12.0 Å². The van der Waals surface area contributed by atoms with Gasteiger partial charge in [0.15, 0.2) is 5.60 Å². The standard InChI is InChI=1S/C20H17F3N4O3/c1-19(13-3-5-14(6-4-13)29-20(21,22)23)11-18(26-30-19)28-15-7-8-16(24-12-15)17-9-10-25-27(17)2/h3-10,12H,11H2,1-2H3/t19-/m1/s1. The van der Waals surface area contributed by atoms with Crippen molar-refractivity contribution in [2.45, 2.75) is 25.3 Å². The number of oxime groups is 1. The minimum atomic E-state index is -4.74. The minimum Gasteiger partial charge on any atom is -0.438 e. The molecule has 0 spiro atoms. The lowest BCUT2D eigenvalue weighted by Gasteiger charge is -2.21. The lowest BCUT2D eigenvalue weighted by atomic mass is 9.93. The molecule has 1 aromatic carbocycles. The summed E-state index contributed by atoms with van der Waals surface area (Å²) in [6, 6.07) is 10.9. The summed E-state index contributed by atoms with van der Waals surface area (Å²) in [4.78, 5) is 9.89. The van der Waals surface area contributed by atoms with Gasteiger partial charge in [-0.15, -0.1) is 13.2 Å². The van der Waals surface area contributed by atoms with Crippen LogP contribution in [0, 0.1) is 0 Å². The van der Waals surface area contributed by atoms with Crippen molar-refractivity contribution in [3.8, 4) is 22.9 Å². The maximum atomic E-state index is 12.3. The number of rotatable bonds is 4. The molecule has 0 amide bonds. The molecule has 0 fully saturated rings. The summed E-state index contributed by atoms with van der Waals surface area (Å²) in [6.45, 7) is 1.77. The summed E-state index contributed by atoms with van der Waals surface area (Å²) in [6.07, 6.45) is -1.17. The highest BCUT2D eigenvalue weighted by atomic mass is 19.4. The van der Waals surface area contributed by atoms with Crippen LogP contribution in [-0.4, -0.2) is 27.0 Å². The van der Waals surface area contributed by atoms with E-state index in [1.807, 2.05) is 13.1 Å². The zero-order valence-electron chi connectivity index (χ0n) is 16.1. The van der Waals surface area contributed by atoms with E-state index >= 15 is 0 Å². The first-order valence-electron chi connectivity index (χ1n) is 8.95. The number of alkyl halides is 3. The Balaban J connectivity index is 1.40. The van der Waals surface area contributed by atoms with Gasteiger partial charge in [-0.2, -0.15) is 5.10 Å². The molecule has 1 atom stereocenters. The summed E-state index contributed by atoms with van der Waals surface area (Å²) >= 11 is 0. The van der Waals surface area contributed by atoms with Crippen LogP contribution in [0.25, 0.3) is 11.4 Å². The predicted molar refractivity (Wildman–Crippen MR) is 101 cm³/mol. The zero-order valence-corrected chi connectivity index (χ0v) is 16.1. The molecule has 0 saturated heterocycles. The van der Waals surface area contributed by atoms with Gasteiger partial charge in [0.05, 0.1) is 24.0 Å². The zero-order chi connectivity index (χ0) is 21.4. The van der Waals surface area contributed by atoms with E-state index in [0.29, 0.717) is 23.6 Å². The number of benzene rings is 1. The third-order valence-electron chi connectivity index (χ3n) is 4.59. The van der Waals surface area contributed by atoms with Gasteiger partial charge in [-0.25, -0.2) is 0 Å². The molecule has 0 unspecified atom stereocenters. The number of nitrogens with zero attached hydrogens (tertiary/aromatic N) is 4. The second-order valence-electron chi connectivity index (χ2n) is 6.88. The smallest absolute Gasteiger partial charge is 0.438 e. The van der Waals surface area contributed by atoms with E-state index in [4.69, 9.17) is 9.57 Å². The molecule has 0 bridgehead atoms. The Labute approximate surface area is 169 Å². The van der Waals surface area contributed by atoms with Crippen LogP contribution in [0.5, 0.6) is 11.5 Å². The molecule has 0 saturated carbocycles. The Kier molecular flexibility index (Phi) is 4.84. The van der Waals surface area contributed by atoms with Crippen LogP contribution in [0.4, 0.5) is 13.2 Å². The Morgan fingerprint density at radius 2 is 1.80 bits per heavy atom. The van der Waals surface area contributed by atoms with Gasteiger partial charge in [0.1, 0.15) is 11.5 Å². The molecule has 2 aromatic heterocycles. The van der Waals surface area contributed by atoms with Crippen molar-refractivity contribution in [2.75, 3.05) is 0 Å². The molecule has 7 nitrogen and oxygen atoms in total. The van der Waals surface area contributed by atoms with Gasteiger partial charge in [0.2, 0.25) is 5.90 Å². The molecule has 3 aromatic rings. The fourth-order valence-corrected chi connectivity index (χ4v) is 3.08.